The third-order valence-corrected chi connectivity index (χ3v) is 1.77. The van der Waals surface area contributed by atoms with Crippen LogP contribution in [0.1, 0.15) is 0 Å². The van der Waals surface area contributed by atoms with E-state index in [1.54, 1.807) is 0 Å². The van der Waals surface area contributed by atoms with Gasteiger partial charge in [0.05, 0.1) is 13.2 Å². The van der Waals surface area contributed by atoms with Crippen LogP contribution in [0.2, 0.25) is 0 Å². The summed E-state index contributed by atoms with van der Waals surface area (Å²) in [6.07, 6.45) is 5.06. The largest absolute Gasteiger partial charge is 0.329 e. The molecule has 0 bridgehead atoms. The second-order valence-corrected chi connectivity index (χ2v) is 2.80. The van der Waals surface area contributed by atoms with Crippen molar-refractivity contribution in [1.82, 2.24) is 0 Å². The lowest BCUT2D eigenvalue weighted by molar-refractivity contribution is -0.0101. The van der Waals surface area contributed by atoms with E-state index in [9.17, 15) is 0 Å². The number of rotatable bonds is 0. The van der Waals surface area contributed by atoms with Gasteiger partial charge in [-0.3, -0.25) is 0 Å². The van der Waals surface area contributed by atoms with Crippen molar-refractivity contribution in [2.75, 3.05) is 13.2 Å². The van der Waals surface area contributed by atoms with Crippen molar-refractivity contribution in [3.8, 4) is 12.3 Å². The first-order valence-electron chi connectivity index (χ1n) is 2.21. The summed E-state index contributed by atoms with van der Waals surface area (Å²) in [4.78, 5) is 0. The summed E-state index contributed by atoms with van der Waals surface area (Å²) in [6, 6.07) is 0. The Kier molecular flexibility index (Phi) is 1.75. The Morgan fingerprint density at radius 2 is 2.00 bits per heavy atom. The summed E-state index contributed by atoms with van der Waals surface area (Å²) >= 11 is 1.95. The van der Waals surface area contributed by atoms with Gasteiger partial charge in [0.25, 0.3) is 3.79 Å². The molecule has 8 heavy (non-hydrogen) atoms. The van der Waals surface area contributed by atoms with Crippen molar-refractivity contribution in [2.24, 2.45) is 0 Å². The second-order valence-electron chi connectivity index (χ2n) is 1.38. The van der Waals surface area contributed by atoms with Crippen LogP contribution in [0.5, 0.6) is 0 Å². The highest BCUT2D eigenvalue weighted by molar-refractivity contribution is 14.1. The standard InChI is InChI=1S/C5H5IO2/c1-2-5(6)7-3-4-8-5/h1H,3-4H2. The molecule has 1 aliphatic rings. The lowest BCUT2D eigenvalue weighted by Gasteiger charge is -2.09. The number of hydrogen-bond acceptors (Lipinski definition) is 2. The Balaban J connectivity index is 2.56. The SMILES string of the molecule is C#CC1(I)OCCO1. The van der Waals surface area contributed by atoms with Crippen LogP contribution in [0.15, 0.2) is 0 Å². The summed E-state index contributed by atoms with van der Waals surface area (Å²) in [6.45, 7) is 1.21. The molecule has 0 atom stereocenters. The fourth-order valence-electron chi connectivity index (χ4n) is 0.471. The van der Waals surface area contributed by atoms with Gasteiger partial charge in [-0.05, 0) is 5.92 Å². The van der Waals surface area contributed by atoms with Crippen molar-refractivity contribution in [3.05, 3.63) is 0 Å². The van der Waals surface area contributed by atoms with Crippen molar-refractivity contribution in [2.45, 2.75) is 3.79 Å². The third kappa shape index (κ3) is 1.13. The highest BCUT2D eigenvalue weighted by Gasteiger charge is 2.30. The second kappa shape index (κ2) is 2.21. The quantitative estimate of drug-likeness (QED) is 0.343. The summed E-state index contributed by atoms with van der Waals surface area (Å²) < 4.78 is 9.27. The van der Waals surface area contributed by atoms with Crippen molar-refractivity contribution in [3.63, 3.8) is 0 Å². The van der Waals surface area contributed by atoms with Crippen LogP contribution < -0.4 is 0 Å². The van der Waals surface area contributed by atoms with Gasteiger partial charge in [0, 0.05) is 22.6 Å². The lowest BCUT2D eigenvalue weighted by atomic mass is 10.7. The smallest absolute Gasteiger partial charge is 0.287 e. The van der Waals surface area contributed by atoms with E-state index >= 15 is 0 Å². The van der Waals surface area contributed by atoms with E-state index in [-0.39, 0.29) is 0 Å². The first-order chi connectivity index (χ1) is 3.77. The number of halogens is 1. The molecule has 0 saturated carbocycles. The van der Waals surface area contributed by atoms with E-state index < -0.39 is 3.79 Å². The number of hydrogen-bond donors (Lipinski definition) is 0. The summed E-state index contributed by atoms with van der Waals surface area (Å²) in [5, 5.41) is 0. The molecule has 0 aromatic carbocycles. The molecule has 44 valence electrons. The normalized spacial score (nSPS) is 25.0. The molecule has 1 fully saturated rings. The van der Waals surface area contributed by atoms with E-state index in [0.717, 1.165) is 0 Å². The van der Waals surface area contributed by atoms with Gasteiger partial charge in [-0.1, -0.05) is 0 Å². The summed E-state index contributed by atoms with van der Waals surface area (Å²) in [7, 11) is 0. The maximum Gasteiger partial charge on any atom is 0.287 e. The molecule has 0 N–H and O–H groups in total. The molecule has 0 radical (unpaired) electrons. The minimum absolute atomic E-state index is 0.604. The molecule has 3 heteroatoms. The molecule has 2 nitrogen and oxygen atoms in total. The first-order valence-corrected chi connectivity index (χ1v) is 3.29. The van der Waals surface area contributed by atoms with Crippen molar-refractivity contribution in [1.29, 1.82) is 0 Å². The topological polar surface area (TPSA) is 18.5 Å². The van der Waals surface area contributed by atoms with Crippen LogP contribution in [0.3, 0.4) is 0 Å². The molecule has 1 rings (SSSR count). The lowest BCUT2D eigenvalue weighted by Crippen LogP contribution is -2.16. The Bertz CT molecular complexity index is 121. The van der Waals surface area contributed by atoms with E-state index in [0.29, 0.717) is 13.2 Å². The first kappa shape index (κ1) is 6.33. The maximum absolute atomic E-state index is 5.06. The number of terminal acetylenes is 1. The zero-order valence-electron chi connectivity index (χ0n) is 4.19. The monoisotopic (exact) mass is 224 g/mol. The van der Waals surface area contributed by atoms with Crippen molar-refractivity contribution < 1.29 is 9.47 Å². The van der Waals surface area contributed by atoms with Crippen LogP contribution in [0, 0.1) is 12.3 Å². The third-order valence-electron chi connectivity index (χ3n) is 0.831. The minimum atomic E-state index is -0.766. The average Bonchev–Trinajstić information content (AvgIpc) is 2.17. The van der Waals surface area contributed by atoms with E-state index in [4.69, 9.17) is 15.9 Å². The summed E-state index contributed by atoms with van der Waals surface area (Å²) in [5.41, 5.74) is 0. The van der Waals surface area contributed by atoms with Crippen LogP contribution in [-0.4, -0.2) is 17.0 Å². The molecule has 0 unspecified atom stereocenters. The van der Waals surface area contributed by atoms with Crippen LogP contribution in [0.4, 0.5) is 0 Å². The van der Waals surface area contributed by atoms with Gasteiger partial charge in [-0.25, -0.2) is 0 Å². The van der Waals surface area contributed by atoms with Crippen LogP contribution in [0.25, 0.3) is 0 Å². The molecule has 0 aromatic heterocycles. The highest BCUT2D eigenvalue weighted by Crippen LogP contribution is 2.25. The van der Waals surface area contributed by atoms with Gasteiger partial charge >= 0.3 is 0 Å². The average molecular weight is 224 g/mol. The Morgan fingerprint density at radius 1 is 1.50 bits per heavy atom. The van der Waals surface area contributed by atoms with E-state index in [1.165, 1.54) is 0 Å². The molecule has 1 heterocycles. The molecule has 0 amide bonds. The highest BCUT2D eigenvalue weighted by atomic mass is 127. The van der Waals surface area contributed by atoms with Gasteiger partial charge in [0.15, 0.2) is 0 Å². The minimum Gasteiger partial charge on any atom is -0.329 e. The fraction of sp³-hybridized carbons (Fsp3) is 0.600. The molecule has 1 saturated heterocycles. The van der Waals surface area contributed by atoms with Crippen molar-refractivity contribution >= 4 is 22.6 Å². The molecule has 0 aliphatic carbocycles. The van der Waals surface area contributed by atoms with Gasteiger partial charge in [-0.2, -0.15) is 0 Å². The molecule has 0 spiro atoms. The van der Waals surface area contributed by atoms with Crippen LogP contribution in [-0.2, 0) is 9.47 Å². The van der Waals surface area contributed by atoms with Gasteiger partial charge < -0.3 is 9.47 Å². The Morgan fingerprint density at radius 3 is 2.25 bits per heavy atom. The Hall–Kier alpha value is 0.210. The molecule has 0 aromatic rings. The predicted molar refractivity (Wildman–Crippen MR) is 37.5 cm³/mol. The van der Waals surface area contributed by atoms with E-state index in [2.05, 4.69) is 5.92 Å². The zero-order valence-corrected chi connectivity index (χ0v) is 6.34. The zero-order chi connectivity index (χ0) is 6.04. The maximum atomic E-state index is 5.06. The number of alkyl halides is 1. The number of ether oxygens (including phenoxy) is 2. The fourth-order valence-corrected chi connectivity index (χ4v) is 0.911. The molecule has 1 aliphatic heterocycles. The molecular formula is C5H5IO2. The van der Waals surface area contributed by atoms with Gasteiger partial charge in [0.1, 0.15) is 0 Å². The Labute approximate surface area is 61.7 Å². The predicted octanol–water partition coefficient (Wildman–Crippen LogP) is 0.755. The van der Waals surface area contributed by atoms with E-state index in [1.807, 2.05) is 22.6 Å². The molecular weight excluding hydrogens is 219 g/mol. The van der Waals surface area contributed by atoms with Gasteiger partial charge in [0.2, 0.25) is 0 Å². The summed E-state index contributed by atoms with van der Waals surface area (Å²) in [5.74, 6) is 2.38. The van der Waals surface area contributed by atoms with Gasteiger partial charge in [-0.15, -0.1) is 6.42 Å². The van der Waals surface area contributed by atoms with Crippen LogP contribution >= 0.6 is 22.6 Å².